The van der Waals surface area contributed by atoms with Crippen LogP contribution in [0, 0.1) is 12.8 Å². The molecule has 0 aromatic carbocycles. The Labute approximate surface area is 141 Å². The molecule has 0 unspecified atom stereocenters. The lowest BCUT2D eigenvalue weighted by molar-refractivity contribution is -0.150. The van der Waals surface area contributed by atoms with Gasteiger partial charge in [-0.15, -0.1) is 0 Å². The second-order valence-electron chi connectivity index (χ2n) is 6.35. The fourth-order valence-electron chi connectivity index (χ4n) is 3.22. The lowest BCUT2D eigenvalue weighted by atomic mass is 9.98. The van der Waals surface area contributed by atoms with Gasteiger partial charge in [-0.05, 0) is 44.9 Å². The molecule has 1 aliphatic heterocycles. The van der Waals surface area contributed by atoms with Gasteiger partial charge in [0.15, 0.2) is 0 Å². The quantitative estimate of drug-likeness (QED) is 0.800. The summed E-state index contributed by atoms with van der Waals surface area (Å²) >= 11 is 0. The van der Waals surface area contributed by atoms with E-state index in [1.165, 1.54) is 0 Å². The van der Waals surface area contributed by atoms with Crippen LogP contribution in [0.25, 0.3) is 5.65 Å². The summed E-state index contributed by atoms with van der Waals surface area (Å²) in [6.45, 7) is 6.33. The van der Waals surface area contributed by atoms with E-state index in [-0.39, 0.29) is 17.4 Å². The number of rotatable bonds is 4. The number of fused-ring (bicyclic) bond motifs is 1. The molecule has 6 nitrogen and oxygen atoms in total. The molecule has 1 atom stereocenters. The molecular formula is C18H23N3O3. The standard InChI is InChI=1S/C18H23N3O3/c1-3-24-18(23)14-5-4-8-20(11-14)12-15-9-17(22)21-10-13(2)6-7-16(21)19-15/h6-7,9-10,14H,3-5,8,11-12H2,1-2H3/t14-/m1/s1. The van der Waals surface area contributed by atoms with Gasteiger partial charge in [0.05, 0.1) is 18.2 Å². The zero-order chi connectivity index (χ0) is 17.1. The highest BCUT2D eigenvalue weighted by atomic mass is 16.5. The molecule has 0 aliphatic carbocycles. The fraction of sp³-hybridized carbons (Fsp3) is 0.500. The molecule has 0 spiro atoms. The third-order valence-corrected chi connectivity index (χ3v) is 4.37. The fourth-order valence-corrected chi connectivity index (χ4v) is 3.22. The van der Waals surface area contributed by atoms with E-state index in [0.717, 1.165) is 30.6 Å². The molecule has 2 aromatic heterocycles. The van der Waals surface area contributed by atoms with Crippen LogP contribution in [0.15, 0.2) is 29.2 Å². The molecular weight excluding hydrogens is 306 g/mol. The van der Waals surface area contributed by atoms with E-state index in [2.05, 4.69) is 9.88 Å². The second-order valence-corrected chi connectivity index (χ2v) is 6.35. The summed E-state index contributed by atoms with van der Waals surface area (Å²) < 4.78 is 6.70. The first-order valence-electron chi connectivity index (χ1n) is 8.44. The van der Waals surface area contributed by atoms with Crippen molar-refractivity contribution in [1.82, 2.24) is 14.3 Å². The van der Waals surface area contributed by atoms with Crippen LogP contribution in [0.5, 0.6) is 0 Å². The van der Waals surface area contributed by atoms with Crippen LogP contribution in [0.4, 0.5) is 0 Å². The number of aryl methyl sites for hydroxylation is 1. The molecule has 0 saturated carbocycles. The molecule has 2 aromatic rings. The van der Waals surface area contributed by atoms with Crippen molar-refractivity contribution in [3.63, 3.8) is 0 Å². The number of ether oxygens (including phenoxy) is 1. The summed E-state index contributed by atoms with van der Waals surface area (Å²) in [7, 11) is 0. The molecule has 0 radical (unpaired) electrons. The van der Waals surface area contributed by atoms with Crippen LogP contribution in [0.3, 0.4) is 0 Å². The summed E-state index contributed by atoms with van der Waals surface area (Å²) in [6, 6.07) is 5.39. The topological polar surface area (TPSA) is 63.9 Å². The number of aromatic nitrogens is 2. The zero-order valence-corrected chi connectivity index (χ0v) is 14.2. The number of likely N-dealkylation sites (tertiary alicyclic amines) is 1. The summed E-state index contributed by atoms with van der Waals surface area (Å²) in [6.07, 6.45) is 3.61. The van der Waals surface area contributed by atoms with E-state index in [0.29, 0.717) is 25.3 Å². The second kappa shape index (κ2) is 7.13. The van der Waals surface area contributed by atoms with Gasteiger partial charge in [-0.1, -0.05) is 6.07 Å². The molecule has 6 heteroatoms. The predicted molar refractivity (Wildman–Crippen MR) is 90.8 cm³/mol. The highest BCUT2D eigenvalue weighted by molar-refractivity contribution is 5.72. The van der Waals surface area contributed by atoms with Gasteiger partial charge < -0.3 is 4.74 Å². The van der Waals surface area contributed by atoms with E-state index in [9.17, 15) is 9.59 Å². The number of piperidine rings is 1. The van der Waals surface area contributed by atoms with Gasteiger partial charge in [0.2, 0.25) is 0 Å². The number of hydrogen-bond acceptors (Lipinski definition) is 5. The van der Waals surface area contributed by atoms with E-state index >= 15 is 0 Å². The Hall–Kier alpha value is -2.21. The van der Waals surface area contributed by atoms with Gasteiger partial charge in [0.25, 0.3) is 5.56 Å². The summed E-state index contributed by atoms with van der Waals surface area (Å²) in [5.41, 5.74) is 2.35. The molecule has 1 fully saturated rings. The van der Waals surface area contributed by atoms with E-state index in [1.54, 1.807) is 16.7 Å². The molecule has 3 rings (SSSR count). The lowest BCUT2D eigenvalue weighted by Crippen LogP contribution is -2.39. The monoisotopic (exact) mass is 329 g/mol. The lowest BCUT2D eigenvalue weighted by Gasteiger charge is -2.31. The maximum Gasteiger partial charge on any atom is 0.310 e. The molecule has 1 saturated heterocycles. The van der Waals surface area contributed by atoms with Gasteiger partial charge >= 0.3 is 5.97 Å². The maximum atomic E-state index is 12.3. The first-order valence-corrected chi connectivity index (χ1v) is 8.44. The van der Waals surface area contributed by atoms with Crippen LogP contribution in [-0.2, 0) is 16.1 Å². The summed E-state index contributed by atoms with van der Waals surface area (Å²) in [5.74, 6) is -0.202. The Morgan fingerprint density at radius 1 is 1.42 bits per heavy atom. The molecule has 3 heterocycles. The van der Waals surface area contributed by atoms with Gasteiger partial charge in [-0.3, -0.25) is 18.9 Å². The van der Waals surface area contributed by atoms with Crippen molar-refractivity contribution >= 4 is 11.6 Å². The summed E-state index contributed by atoms with van der Waals surface area (Å²) in [4.78, 5) is 31.0. The van der Waals surface area contributed by atoms with Crippen LogP contribution in [0.1, 0.15) is 31.0 Å². The SMILES string of the molecule is CCOC(=O)[C@@H]1CCCN(Cc2cc(=O)n3cc(C)ccc3n2)C1. The Morgan fingerprint density at radius 2 is 2.25 bits per heavy atom. The molecule has 0 amide bonds. The van der Waals surface area contributed by atoms with Crippen molar-refractivity contribution in [1.29, 1.82) is 0 Å². The number of carbonyl (C=O) groups excluding carboxylic acids is 1. The van der Waals surface area contributed by atoms with Crippen LogP contribution < -0.4 is 5.56 Å². The first kappa shape index (κ1) is 16.6. The zero-order valence-electron chi connectivity index (χ0n) is 14.2. The molecule has 0 N–H and O–H groups in total. The van der Waals surface area contributed by atoms with Crippen molar-refractivity contribution in [3.8, 4) is 0 Å². The molecule has 128 valence electrons. The highest BCUT2D eigenvalue weighted by Gasteiger charge is 2.27. The minimum absolute atomic E-state index is 0.0716. The van der Waals surface area contributed by atoms with Crippen LogP contribution in [0.2, 0.25) is 0 Å². The third kappa shape index (κ3) is 3.64. The Balaban J connectivity index is 1.76. The van der Waals surface area contributed by atoms with E-state index in [1.807, 2.05) is 26.0 Å². The van der Waals surface area contributed by atoms with Crippen LogP contribution >= 0.6 is 0 Å². The number of hydrogen-bond donors (Lipinski definition) is 0. The Bertz CT molecular complexity index is 800. The van der Waals surface area contributed by atoms with Gasteiger partial charge in [-0.25, -0.2) is 4.98 Å². The van der Waals surface area contributed by atoms with E-state index < -0.39 is 0 Å². The average molecular weight is 329 g/mol. The molecule has 24 heavy (non-hydrogen) atoms. The minimum atomic E-state index is -0.121. The normalized spacial score (nSPS) is 18.7. The van der Waals surface area contributed by atoms with Gasteiger partial charge in [-0.2, -0.15) is 0 Å². The van der Waals surface area contributed by atoms with Crippen molar-refractivity contribution in [2.45, 2.75) is 33.2 Å². The van der Waals surface area contributed by atoms with Crippen molar-refractivity contribution in [3.05, 3.63) is 46.0 Å². The largest absolute Gasteiger partial charge is 0.466 e. The summed E-state index contributed by atoms with van der Waals surface area (Å²) in [5, 5.41) is 0. The third-order valence-electron chi connectivity index (χ3n) is 4.37. The number of pyridine rings is 1. The Morgan fingerprint density at radius 3 is 3.04 bits per heavy atom. The maximum absolute atomic E-state index is 12.3. The smallest absolute Gasteiger partial charge is 0.310 e. The van der Waals surface area contributed by atoms with Gasteiger partial charge in [0.1, 0.15) is 5.65 Å². The van der Waals surface area contributed by atoms with Gasteiger partial charge in [0, 0.05) is 25.4 Å². The number of nitrogens with zero attached hydrogens (tertiary/aromatic N) is 3. The predicted octanol–water partition coefficient (Wildman–Crippen LogP) is 1.78. The van der Waals surface area contributed by atoms with E-state index in [4.69, 9.17) is 4.74 Å². The number of esters is 1. The van der Waals surface area contributed by atoms with Crippen molar-refractivity contribution in [2.24, 2.45) is 5.92 Å². The average Bonchev–Trinajstić information content (AvgIpc) is 2.56. The first-order chi connectivity index (χ1) is 11.6. The van der Waals surface area contributed by atoms with Crippen molar-refractivity contribution < 1.29 is 9.53 Å². The van der Waals surface area contributed by atoms with Crippen molar-refractivity contribution in [2.75, 3.05) is 19.7 Å². The van der Waals surface area contributed by atoms with Crippen LogP contribution in [-0.4, -0.2) is 40.0 Å². The molecule has 1 aliphatic rings. The number of carbonyl (C=O) groups is 1. The minimum Gasteiger partial charge on any atom is -0.466 e. The Kier molecular flexibility index (Phi) is 4.94. The highest BCUT2D eigenvalue weighted by Crippen LogP contribution is 2.19. The molecule has 0 bridgehead atoms.